The number of imidazole rings is 2. The predicted octanol–water partition coefficient (Wildman–Crippen LogP) is 4.35. The van der Waals surface area contributed by atoms with Crippen LogP contribution in [0.1, 0.15) is 5.82 Å². The molecule has 1 aromatic carbocycles. The molecule has 0 bridgehead atoms. The summed E-state index contributed by atoms with van der Waals surface area (Å²) in [5.41, 5.74) is 6.19. The molecule has 6 rings (SSSR count). The number of pyridine rings is 2. The van der Waals surface area contributed by atoms with Crippen molar-refractivity contribution in [2.45, 2.75) is 6.92 Å². The summed E-state index contributed by atoms with van der Waals surface area (Å²) >= 11 is 0. The number of H-pyrrole nitrogens is 2. The number of fused-ring (bicyclic) bond motifs is 2. The highest BCUT2D eigenvalue weighted by molar-refractivity contribution is 5.95. The molecular formula is C27H26FN9O. The van der Waals surface area contributed by atoms with Gasteiger partial charge in [0.2, 0.25) is 0 Å². The zero-order valence-corrected chi connectivity index (χ0v) is 21.4. The molecule has 0 saturated heterocycles. The lowest BCUT2D eigenvalue weighted by Crippen LogP contribution is -2.19. The van der Waals surface area contributed by atoms with E-state index in [1.165, 1.54) is 12.1 Å². The number of hydrogen-bond donors (Lipinski definition) is 2. The molecule has 11 heteroatoms. The van der Waals surface area contributed by atoms with Crippen LogP contribution in [0.25, 0.3) is 56.2 Å². The molecule has 0 fully saturated rings. The minimum atomic E-state index is -0.405. The summed E-state index contributed by atoms with van der Waals surface area (Å²) in [5.74, 6) is 1.47. The molecule has 0 spiro atoms. The summed E-state index contributed by atoms with van der Waals surface area (Å²) < 4.78 is 22.3. The van der Waals surface area contributed by atoms with Crippen molar-refractivity contribution in [3.8, 4) is 39.9 Å². The number of aromatic nitrogens is 8. The van der Waals surface area contributed by atoms with Gasteiger partial charge in [0.05, 0.1) is 34.3 Å². The van der Waals surface area contributed by atoms with Crippen LogP contribution in [0.2, 0.25) is 0 Å². The first-order valence-corrected chi connectivity index (χ1v) is 12.1. The molecule has 0 amide bonds. The van der Waals surface area contributed by atoms with Crippen LogP contribution in [0, 0.1) is 12.7 Å². The first-order chi connectivity index (χ1) is 18.4. The van der Waals surface area contributed by atoms with Crippen LogP contribution in [0.5, 0.6) is 5.75 Å². The summed E-state index contributed by atoms with van der Waals surface area (Å²) in [7, 11) is 5.87. The van der Waals surface area contributed by atoms with E-state index in [1.54, 1.807) is 18.5 Å². The number of ether oxygens (including phenoxy) is 1. The Morgan fingerprint density at radius 3 is 2.63 bits per heavy atom. The Bertz CT molecular complexity index is 1780. The van der Waals surface area contributed by atoms with E-state index < -0.39 is 5.82 Å². The van der Waals surface area contributed by atoms with Crippen LogP contribution in [-0.2, 0) is 7.05 Å². The van der Waals surface area contributed by atoms with Crippen LogP contribution in [0.15, 0.2) is 48.8 Å². The number of likely N-dealkylation sites (N-methyl/N-ethyl adjacent to an activating group) is 1. The molecule has 192 valence electrons. The summed E-state index contributed by atoms with van der Waals surface area (Å²) in [6, 6.07) is 10.3. The van der Waals surface area contributed by atoms with Crippen molar-refractivity contribution in [1.82, 2.24) is 44.6 Å². The van der Waals surface area contributed by atoms with Crippen LogP contribution < -0.4 is 4.74 Å². The minimum Gasteiger partial charge on any atom is -0.492 e. The Morgan fingerprint density at radius 2 is 1.84 bits per heavy atom. The zero-order chi connectivity index (χ0) is 26.4. The highest BCUT2D eigenvalue weighted by atomic mass is 19.1. The van der Waals surface area contributed by atoms with Gasteiger partial charge >= 0.3 is 0 Å². The smallest absolute Gasteiger partial charge is 0.161 e. The summed E-state index contributed by atoms with van der Waals surface area (Å²) in [4.78, 5) is 23.9. The maximum absolute atomic E-state index is 14.5. The van der Waals surface area contributed by atoms with E-state index in [9.17, 15) is 4.39 Å². The number of benzene rings is 1. The summed E-state index contributed by atoms with van der Waals surface area (Å²) in [6.45, 7) is 3.11. The maximum Gasteiger partial charge on any atom is 0.161 e. The third kappa shape index (κ3) is 4.26. The van der Waals surface area contributed by atoms with Crippen LogP contribution >= 0.6 is 0 Å². The summed E-state index contributed by atoms with van der Waals surface area (Å²) in [5, 5.41) is 7.53. The first kappa shape index (κ1) is 23.7. The molecule has 0 aliphatic carbocycles. The van der Waals surface area contributed by atoms with E-state index >= 15 is 0 Å². The second kappa shape index (κ2) is 9.34. The van der Waals surface area contributed by atoms with Gasteiger partial charge in [-0.05, 0) is 51.4 Å². The first-order valence-electron chi connectivity index (χ1n) is 12.1. The Hall–Kier alpha value is -4.64. The maximum atomic E-state index is 14.5. The van der Waals surface area contributed by atoms with E-state index in [4.69, 9.17) is 14.7 Å². The SMILES string of the molecule is Cc1ncc(-c2ccc3[nH]nc(-c4nc5c(-c6cc(F)cc(OCCN(C)C)c6)nccc5[nH]4)c3n2)n1C. The molecule has 0 aliphatic heterocycles. The number of nitrogens with zero attached hydrogens (tertiary/aromatic N) is 7. The van der Waals surface area contributed by atoms with Gasteiger partial charge in [-0.1, -0.05) is 0 Å². The van der Waals surface area contributed by atoms with Crippen molar-refractivity contribution in [2.24, 2.45) is 7.05 Å². The fraction of sp³-hybridized carbons (Fsp3) is 0.222. The second-order valence-corrected chi connectivity index (χ2v) is 9.38. The van der Waals surface area contributed by atoms with Gasteiger partial charge in [-0.15, -0.1) is 0 Å². The Kier molecular flexibility index (Phi) is 5.84. The number of nitrogens with one attached hydrogen (secondary N) is 2. The molecule has 6 aromatic rings. The van der Waals surface area contributed by atoms with Gasteiger partial charge in [-0.25, -0.2) is 19.3 Å². The Labute approximate surface area is 217 Å². The lowest BCUT2D eigenvalue weighted by Gasteiger charge is -2.12. The average molecular weight is 512 g/mol. The highest BCUT2D eigenvalue weighted by Gasteiger charge is 2.19. The van der Waals surface area contributed by atoms with Gasteiger partial charge in [-0.3, -0.25) is 10.1 Å². The van der Waals surface area contributed by atoms with Crippen LogP contribution in [0.3, 0.4) is 0 Å². The minimum absolute atomic E-state index is 0.405. The van der Waals surface area contributed by atoms with E-state index in [-0.39, 0.29) is 0 Å². The van der Waals surface area contributed by atoms with Crippen LogP contribution in [0.4, 0.5) is 4.39 Å². The van der Waals surface area contributed by atoms with Crippen LogP contribution in [-0.4, -0.2) is 71.8 Å². The van der Waals surface area contributed by atoms with Crippen molar-refractivity contribution in [1.29, 1.82) is 0 Å². The van der Waals surface area contributed by atoms with Crippen molar-refractivity contribution in [2.75, 3.05) is 27.2 Å². The van der Waals surface area contributed by atoms with E-state index in [0.29, 0.717) is 46.2 Å². The Morgan fingerprint density at radius 1 is 1.00 bits per heavy atom. The molecule has 10 nitrogen and oxygen atoms in total. The zero-order valence-electron chi connectivity index (χ0n) is 21.4. The lowest BCUT2D eigenvalue weighted by molar-refractivity contribution is 0.260. The van der Waals surface area contributed by atoms with Crippen molar-refractivity contribution in [3.63, 3.8) is 0 Å². The molecule has 5 aromatic heterocycles. The van der Waals surface area contributed by atoms with Crippen molar-refractivity contribution >= 4 is 22.1 Å². The average Bonchev–Trinajstić information content (AvgIpc) is 3.59. The Balaban J connectivity index is 1.41. The van der Waals surface area contributed by atoms with E-state index in [1.807, 2.05) is 55.7 Å². The van der Waals surface area contributed by atoms with Gasteiger partial charge in [0.15, 0.2) is 11.5 Å². The topological polar surface area (TPSA) is 113 Å². The highest BCUT2D eigenvalue weighted by Crippen LogP contribution is 2.32. The van der Waals surface area contributed by atoms with Gasteiger partial charge < -0.3 is 19.2 Å². The number of hydrogen-bond acceptors (Lipinski definition) is 7. The molecule has 0 radical (unpaired) electrons. The lowest BCUT2D eigenvalue weighted by atomic mass is 10.1. The fourth-order valence-electron chi connectivity index (χ4n) is 4.33. The number of rotatable bonds is 7. The molecule has 38 heavy (non-hydrogen) atoms. The van der Waals surface area contributed by atoms with Gasteiger partial charge in [0.1, 0.15) is 35.0 Å². The standard InChI is InChI=1S/C27H26FN9O/c1-15-30-14-22(37(15)4)19-5-6-21-25(31-19)26(35-34-21)27-32-20-7-8-29-23(24(20)33-27)16-11-17(28)13-18(12-16)38-10-9-36(2)3/h5-8,11-14H,9-10H2,1-4H3,(H,32,33)(H,34,35). The normalized spacial score (nSPS) is 11.7. The molecule has 5 heterocycles. The third-order valence-corrected chi connectivity index (χ3v) is 6.47. The molecule has 0 aliphatic rings. The van der Waals surface area contributed by atoms with E-state index in [2.05, 4.69) is 25.1 Å². The molecule has 0 atom stereocenters. The molecular weight excluding hydrogens is 485 g/mol. The number of aromatic amines is 2. The number of halogens is 1. The predicted molar refractivity (Wildman–Crippen MR) is 143 cm³/mol. The van der Waals surface area contributed by atoms with Crippen molar-refractivity contribution < 1.29 is 9.13 Å². The van der Waals surface area contributed by atoms with E-state index in [0.717, 1.165) is 34.8 Å². The molecule has 0 saturated carbocycles. The summed E-state index contributed by atoms with van der Waals surface area (Å²) in [6.07, 6.45) is 3.47. The monoisotopic (exact) mass is 511 g/mol. The van der Waals surface area contributed by atoms with Gasteiger partial charge in [-0.2, -0.15) is 5.10 Å². The fourth-order valence-corrected chi connectivity index (χ4v) is 4.33. The molecule has 2 N–H and O–H groups in total. The third-order valence-electron chi connectivity index (χ3n) is 6.47. The second-order valence-electron chi connectivity index (χ2n) is 9.38. The largest absolute Gasteiger partial charge is 0.492 e. The quantitative estimate of drug-likeness (QED) is 0.328. The van der Waals surface area contributed by atoms with Gasteiger partial charge in [0.25, 0.3) is 0 Å². The van der Waals surface area contributed by atoms with Crippen molar-refractivity contribution in [3.05, 3.63) is 60.4 Å². The molecule has 0 unspecified atom stereocenters. The number of aryl methyl sites for hydroxylation is 1. The van der Waals surface area contributed by atoms with Gasteiger partial charge in [0, 0.05) is 31.4 Å².